The number of benzene rings is 1. The molecule has 1 aromatic carbocycles. The van der Waals surface area contributed by atoms with Gasteiger partial charge in [0.15, 0.2) is 0 Å². The molecule has 7 nitrogen and oxygen atoms in total. The Balaban J connectivity index is 1.70. The summed E-state index contributed by atoms with van der Waals surface area (Å²) in [4.78, 5) is 51.1. The van der Waals surface area contributed by atoms with Crippen LogP contribution in [0.3, 0.4) is 0 Å². The highest BCUT2D eigenvalue weighted by atomic mass is 35.5. The summed E-state index contributed by atoms with van der Waals surface area (Å²) in [5, 5.41) is 3.02. The van der Waals surface area contributed by atoms with E-state index in [-0.39, 0.29) is 12.0 Å². The first-order chi connectivity index (χ1) is 12.4. The maximum absolute atomic E-state index is 12.6. The largest absolute Gasteiger partial charge is 0.334 e. The van der Waals surface area contributed by atoms with Crippen molar-refractivity contribution in [3.8, 4) is 0 Å². The van der Waals surface area contributed by atoms with Crippen molar-refractivity contribution in [2.45, 2.75) is 38.6 Å². The number of anilines is 1. The Morgan fingerprint density at radius 1 is 1.19 bits per heavy atom. The minimum absolute atomic E-state index is 0.143. The number of carbonyl (C=O) groups is 4. The third kappa shape index (κ3) is 3.58. The highest BCUT2D eigenvalue weighted by molar-refractivity contribution is 6.45. The fraction of sp³-hybridized carbons (Fsp3) is 0.444. The zero-order valence-corrected chi connectivity index (χ0v) is 15.2. The van der Waals surface area contributed by atoms with Gasteiger partial charge in [-0.05, 0) is 37.0 Å². The van der Waals surface area contributed by atoms with Gasteiger partial charge >= 0.3 is 17.8 Å². The van der Waals surface area contributed by atoms with Gasteiger partial charge in [0, 0.05) is 16.8 Å². The normalized spacial score (nSPS) is 23.5. The zero-order valence-electron chi connectivity index (χ0n) is 14.4. The molecule has 0 spiro atoms. The molecule has 138 valence electrons. The Morgan fingerprint density at radius 3 is 2.62 bits per heavy atom. The van der Waals surface area contributed by atoms with Crippen LogP contribution < -0.4 is 5.32 Å². The highest BCUT2D eigenvalue weighted by Crippen LogP contribution is 2.31. The Bertz CT molecular complexity index is 767. The van der Waals surface area contributed by atoms with Gasteiger partial charge in [0.25, 0.3) is 0 Å². The molecule has 2 atom stereocenters. The average molecular weight is 378 g/mol. The number of halogens is 1. The van der Waals surface area contributed by atoms with Crippen molar-refractivity contribution in [3.63, 3.8) is 0 Å². The lowest BCUT2D eigenvalue weighted by atomic mass is 9.85. The van der Waals surface area contributed by atoms with Crippen molar-refractivity contribution in [1.82, 2.24) is 9.80 Å². The second kappa shape index (κ2) is 7.45. The van der Waals surface area contributed by atoms with Gasteiger partial charge in [-0.2, -0.15) is 0 Å². The van der Waals surface area contributed by atoms with E-state index in [1.807, 2.05) is 6.92 Å². The van der Waals surface area contributed by atoms with Crippen LogP contribution in [0.25, 0.3) is 0 Å². The number of hydrogen-bond donors (Lipinski definition) is 1. The third-order valence-corrected chi connectivity index (χ3v) is 5.13. The van der Waals surface area contributed by atoms with Crippen LogP contribution in [0.5, 0.6) is 0 Å². The molecule has 5 amide bonds. The van der Waals surface area contributed by atoms with Crippen LogP contribution in [0.1, 0.15) is 32.6 Å². The van der Waals surface area contributed by atoms with Crippen molar-refractivity contribution in [1.29, 1.82) is 0 Å². The quantitative estimate of drug-likeness (QED) is 0.645. The first-order valence-corrected chi connectivity index (χ1v) is 9.00. The predicted molar refractivity (Wildman–Crippen MR) is 95.5 cm³/mol. The maximum atomic E-state index is 12.6. The molecule has 3 rings (SSSR count). The van der Waals surface area contributed by atoms with E-state index < -0.39 is 30.3 Å². The predicted octanol–water partition coefficient (Wildman–Crippen LogP) is 2.65. The second-order valence-electron chi connectivity index (χ2n) is 6.74. The molecular formula is C18H20ClN3O4. The SMILES string of the molecule is C[C@@H]1CCCC[C@@H]1N1C(=O)C(=O)N(CC(=O)Nc2cccc(Cl)c2)C1=O. The number of nitrogens with one attached hydrogen (secondary N) is 1. The molecule has 0 bridgehead atoms. The Labute approximate surface area is 156 Å². The highest BCUT2D eigenvalue weighted by Gasteiger charge is 2.49. The number of amides is 5. The first kappa shape index (κ1) is 18.4. The molecule has 1 N–H and O–H groups in total. The number of imide groups is 2. The topological polar surface area (TPSA) is 86.8 Å². The molecule has 0 unspecified atom stereocenters. The summed E-state index contributed by atoms with van der Waals surface area (Å²) in [7, 11) is 0. The molecule has 1 aromatic rings. The lowest BCUT2D eigenvalue weighted by Gasteiger charge is -2.34. The molecule has 1 saturated heterocycles. The number of hydrogen-bond acceptors (Lipinski definition) is 4. The van der Waals surface area contributed by atoms with Crippen LogP contribution in [0.2, 0.25) is 5.02 Å². The summed E-state index contributed by atoms with van der Waals surface area (Å²) in [6, 6.07) is 5.52. The molecule has 0 aromatic heterocycles. The fourth-order valence-corrected chi connectivity index (χ4v) is 3.74. The summed E-state index contributed by atoms with van der Waals surface area (Å²) in [6.07, 6.45) is 3.56. The molecule has 2 fully saturated rings. The second-order valence-corrected chi connectivity index (χ2v) is 7.17. The van der Waals surface area contributed by atoms with Gasteiger partial charge in [0.1, 0.15) is 6.54 Å². The van der Waals surface area contributed by atoms with Crippen molar-refractivity contribution in [3.05, 3.63) is 29.3 Å². The van der Waals surface area contributed by atoms with Crippen molar-refractivity contribution < 1.29 is 19.2 Å². The van der Waals surface area contributed by atoms with E-state index >= 15 is 0 Å². The Morgan fingerprint density at radius 2 is 1.92 bits per heavy atom. The van der Waals surface area contributed by atoms with Gasteiger partial charge in [0.05, 0.1) is 0 Å². The summed E-state index contributed by atoms with van der Waals surface area (Å²) < 4.78 is 0. The molecule has 26 heavy (non-hydrogen) atoms. The van der Waals surface area contributed by atoms with Crippen LogP contribution in [-0.2, 0) is 14.4 Å². The van der Waals surface area contributed by atoms with E-state index in [2.05, 4.69) is 5.32 Å². The van der Waals surface area contributed by atoms with Crippen LogP contribution in [0.15, 0.2) is 24.3 Å². The average Bonchev–Trinajstić information content (AvgIpc) is 2.79. The standard InChI is InChI=1S/C18H20ClN3O4/c1-11-5-2-3-8-14(11)22-17(25)16(24)21(18(22)26)10-15(23)20-13-7-4-6-12(19)9-13/h4,6-7,9,11,14H,2-3,5,8,10H2,1H3,(H,20,23)/t11-,14+/m1/s1. The van der Waals surface area contributed by atoms with E-state index in [0.29, 0.717) is 22.0 Å². The maximum Gasteiger partial charge on any atom is 0.334 e. The minimum Gasteiger partial charge on any atom is -0.324 e. The molecule has 0 radical (unpaired) electrons. The molecule has 1 aliphatic heterocycles. The van der Waals surface area contributed by atoms with Crippen LogP contribution >= 0.6 is 11.6 Å². The lowest BCUT2D eigenvalue weighted by molar-refractivity contribution is -0.145. The Hall–Kier alpha value is -2.41. The van der Waals surface area contributed by atoms with Crippen molar-refractivity contribution >= 4 is 41.0 Å². The molecule has 2 aliphatic rings. The Kier molecular flexibility index (Phi) is 5.27. The molecule has 1 aliphatic carbocycles. The van der Waals surface area contributed by atoms with Crippen molar-refractivity contribution in [2.24, 2.45) is 5.92 Å². The summed E-state index contributed by atoms with van der Waals surface area (Å²) >= 11 is 5.86. The number of carbonyl (C=O) groups excluding carboxylic acids is 4. The summed E-state index contributed by atoms with van der Waals surface area (Å²) in [5.74, 6) is -2.22. The van der Waals surface area contributed by atoms with E-state index in [9.17, 15) is 19.2 Å². The van der Waals surface area contributed by atoms with Gasteiger partial charge < -0.3 is 5.32 Å². The lowest BCUT2D eigenvalue weighted by Crippen LogP contribution is -2.46. The third-order valence-electron chi connectivity index (χ3n) is 4.89. The fourth-order valence-electron chi connectivity index (χ4n) is 3.54. The van der Waals surface area contributed by atoms with Crippen LogP contribution in [-0.4, -0.2) is 46.1 Å². The van der Waals surface area contributed by atoms with E-state index in [1.54, 1.807) is 24.3 Å². The van der Waals surface area contributed by atoms with Gasteiger partial charge in [-0.1, -0.05) is 37.4 Å². The van der Waals surface area contributed by atoms with Crippen LogP contribution in [0, 0.1) is 5.92 Å². The number of nitrogens with zero attached hydrogens (tertiary/aromatic N) is 2. The molecule has 1 saturated carbocycles. The van der Waals surface area contributed by atoms with Gasteiger partial charge in [-0.25, -0.2) is 9.69 Å². The van der Waals surface area contributed by atoms with Gasteiger partial charge in [-0.15, -0.1) is 0 Å². The number of urea groups is 1. The van der Waals surface area contributed by atoms with E-state index in [0.717, 1.165) is 24.2 Å². The van der Waals surface area contributed by atoms with Gasteiger partial charge in [-0.3, -0.25) is 19.3 Å². The first-order valence-electron chi connectivity index (χ1n) is 8.63. The zero-order chi connectivity index (χ0) is 18.8. The molecular weight excluding hydrogens is 358 g/mol. The summed E-state index contributed by atoms with van der Waals surface area (Å²) in [5.41, 5.74) is 0.450. The van der Waals surface area contributed by atoms with Crippen molar-refractivity contribution in [2.75, 3.05) is 11.9 Å². The summed E-state index contributed by atoms with van der Waals surface area (Å²) in [6.45, 7) is 1.47. The molecule has 1 heterocycles. The monoisotopic (exact) mass is 377 g/mol. The smallest absolute Gasteiger partial charge is 0.324 e. The van der Waals surface area contributed by atoms with Gasteiger partial charge in [0.2, 0.25) is 5.91 Å². The van der Waals surface area contributed by atoms with E-state index in [1.165, 1.54) is 0 Å². The van der Waals surface area contributed by atoms with E-state index in [4.69, 9.17) is 11.6 Å². The van der Waals surface area contributed by atoms with Crippen LogP contribution in [0.4, 0.5) is 10.5 Å². The minimum atomic E-state index is -0.950. The number of rotatable bonds is 4. The molecule has 8 heteroatoms.